The summed E-state index contributed by atoms with van der Waals surface area (Å²) >= 11 is 0. The molecule has 0 bridgehead atoms. The Balaban J connectivity index is 1.73. The molecular weight excluding hydrogens is 444 g/mol. The van der Waals surface area contributed by atoms with Gasteiger partial charge in [-0.15, -0.1) is 0 Å². The van der Waals surface area contributed by atoms with E-state index in [1.54, 1.807) is 0 Å². The Bertz CT molecular complexity index is 914. The number of ether oxygens (including phenoxy) is 3. The molecule has 184 valence electrons. The highest BCUT2D eigenvalue weighted by atomic mass is 28.2. The monoisotopic (exact) mass is 482 g/mol. The van der Waals surface area contributed by atoms with Crippen LogP contribution in [-0.4, -0.2) is 51.7 Å². The Morgan fingerprint density at radius 3 is 2.06 bits per heavy atom. The number of benzene rings is 2. The topological polar surface area (TPSA) is 57.2 Å². The fourth-order valence-electron chi connectivity index (χ4n) is 4.71. The van der Waals surface area contributed by atoms with E-state index in [4.69, 9.17) is 18.6 Å². The third kappa shape index (κ3) is 5.70. The van der Waals surface area contributed by atoms with Crippen molar-refractivity contribution < 1.29 is 23.7 Å². The molecule has 0 aromatic heterocycles. The van der Waals surface area contributed by atoms with E-state index in [2.05, 4.69) is 45.0 Å². The Kier molecular flexibility index (Phi) is 7.48. The van der Waals surface area contributed by atoms with Gasteiger partial charge in [-0.1, -0.05) is 93.6 Å². The lowest BCUT2D eigenvalue weighted by Crippen LogP contribution is -2.54. The van der Waals surface area contributed by atoms with E-state index in [0.717, 1.165) is 11.1 Å². The molecule has 5 nitrogen and oxygen atoms in total. The fraction of sp³-hybridized carbons (Fsp3) is 0.500. The number of aliphatic hydroxyl groups excluding tert-OH is 1. The van der Waals surface area contributed by atoms with E-state index >= 15 is 0 Å². The van der Waals surface area contributed by atoms with E-state index < -0.39 is 33.4 Å². The highest BCUT2D eigenvalue weighted by molar-refractivity contribution is 6.32. The highest BCUT2D eigenvalue weighted by Crippen LogP contribution is 2.43. The van der Waals surface area contributed by atoms with Crippen LogP contribution in [0.2, 0.25) is 5.04 Å². The quantitative estimate of drug-likeness (QED) is 0.466. The Labute approximate surface area is 206 Å². The van der Waals surface area contributed by atoms with Crippen LogP contribution >= 0.6 is 0 Å². The van der Waals surface area contributed by atoms with Crippen LogP contribution in [0.5, 0.6) is 0 Å². The zero-order chi connectivity index (χ0) is 24.4. The van der Waals surface area contributed by atoms with Gasteiger partial charge in [0.05, 0.1) is 18.8 Å². The molecule has 2 aromatic rings. The van der Waals surface area contributed by atoms with Gasteiger partial charge in [-0.25, -0.2) is 0 Å². The molecule has 2 heterocycles. The van der Waals surface area contributed by atoms with Crippen molar-refractivity contribution in [2.24, 2.45) is 0 Å². The largest absolute Gasteiger partial charge is 0.408 e. The van der Waals surface area contributed by atoms with Gasteiger partial charge >= 0.3 is 0 Å². The third-order valence-corrected chi connectivity index (χ3v) is 7.72. The minimum atomic E-state index is -1.02. The van der Waals surface area contributed by atoms with Gasteiger partial charge in [0, 0.05) is 6.42 Å². The van der Waals surface area contributed by atoms with Crippen LogP contribution < -0.4 is 0 Å². The van der Waals surface area contributed by atoms with E-state index in [9.17, 15) is 5.11 Å². The van der Waals surface area contributed by atoms with Crippen molar-refractivity contribution in [2.75, 3.05) is 6.61 Å². The summed E-state index contributed by atoms with van der Waals surface area (Å²) in [5, 5.41) is 11.3. The Morgan fingerprint density at radius 2 is 1.56 bits per heavy atom. The molecule has 0 spiro atoms. The summed E-state index contributed by atoms with van der Waals surface area (Å²) in [7, 11) is -1.02. The molecule has 0 radical (unpaired) electrons. The number of rotatable bonds is 7. The van der Waals surface area contributed by atoms with Gasteiger partial charge in [0.2, 0.25) is 0 Å². The summed E-state index contributed by atoms with van der Waals surface area (Å²) in [6.45, 7) is 11.0. The average Bonchev–Trinajstić information content (AvgIpc) is 3.15. The zero-order valence-electron chi connectivity index (χ0n) is 20.9. The van der Waals surface area contributed by atoms with Crippen LogP contribution in [0.1, 0.15) is 52.2 Å². The standard InChI is InChI=1S/C28H38O5Si/c1-26(2,3)34-33-28(20-12-8-6-9-13-20,21-14-10-7-11-15-21)25-24(29)17-16-22(31-25)18-23-19-30-27(4,5)32-23/h6-17,22-25,29H,18-19,34H2,1-5H3/t22-,23?,24-,25+/m0/s1. The van der Waals surface area contributed by atoms with Crippen molar-refractivity contribution in [2.45, 2.75) is 81.9 Å². The summed E-state index contributed by atoms with van der Waals surface area (Å²) in [4.78, 5) is 0. The SMILES string of the molecule is CC1(C)OCC(C[C@@H]2C=C[C@H](O)[C@H](C(O[SiH2]C(C)(C)C)(c3ccccc3)c3ccccc3)O2)O1. The van der Waals surface area contributed by atoms with Crippen LogP contribution in [0.25, 0.3) is 0 Å². The van der Waals surface area contributed by atoms with Crippen LogP contribution in [0.15, 0.2) is 72.8 Å². The zero-order valence-corrected chi connectivity index (χ0v) is 22.4. The van der Waals surface area contributed by atoms with Crippen LogP contribution in [0, 0.1) is 0 Å². The van der Waals surface area contributed by atoms with Gasteiger partial charge in [0.25, 0.3) is 0 Å². The van der Waals surface area contributed by atoms with Gasteiger partial charge < -0.3 is 23.7 Å². The summed E-state index contributed by atoms with van der Waals surface area (Å²) in [5.74, 6) is -0.582. The minimum absolute atomic E-state index is 0.0598. The molecule has 0 amide bonds. The summed E-state index contributed by atoms with van der Waals surface area (Å²) < 4.78 is 25.5. The van der Waals surface area contributed by atoms with E-state index in [1.165, 1.54) is 0 Å². The van der Waals surface area contributed by atoms with E-state index in [1.807, 2.05) is 62.4 Å². The van der Waals surface area contributed by atoms with Crippen molar-refractivity contribution in [3.05, 3.63) is 83.9 Å². The predicted molar refractivity (Wildman–Crippen MR) is 136 cm³/mol. The summed E-state index contributed by atoms with van der Waals surface area (Å²) in [6.07, 6.45) is 2.73. The molecule has 0 saturated carbocycles. The first-order valence-electron chi connectivity index (χ1n) is 12.2. The van der Waals surface area contributed by atoms with Crippen LogP contribution in [-0.2, 0) is 24.2 Å². The van der Waals surface area contributed by atoms with Gasteiger partial charge in [0.15, 0.2) is 15.6 Å². The molecule has 2 aliphatic heterocycles. The van der Waals surface area contributed by atoms with Crippen LogP contribution in [0.3, 0.4) is 0 Å². The second kappa shape index (κ2) is 10.1. The van der Waals surface area contributed by atoms with E-state index in [0.29, 0.717) is 13.0 Å². The van der Waals surface area contributed by atoms with Gasteiger partial charge in [-0.3, -0.25) is 0 Å². The fourth-order valence-corrected chi connectivity index (χ4v) is 5.87. The lowest BCUT2D eigenvalue weighted by Gasteiger charge is -2.46. The van der Waals surface area contributed by atoms with Gasteiger partial charge in [-0.05, 0) is 30.0 Å². The smallest absolute Gasteiger partial charge is 0.168 e. The molecule has 0 aliphatic carbocycles. The number of aliphatic hydroxyl groups is 1. The average molecular weight is 483 g/mol. The van der Waals surface area contributed by atoms with Crippen molar-refractivity contribution in [3.8, 4) is 0 Å². The maximum absolute atomic E-state index is 11.3. The minimum Gasteiger partial charge on any atom is -0.408 e. The first-order valence-corrected chi connectivity index (χ1v) is 13.5. The van der Waals surface area contributed by atoms with Crippen LogP contribution in [0.4, 0.5) is 0 Å². The van der Waals surface area contributed by atoms with E-state index in [-0.39, 0.29) is 17.2 Å². The van der Waals surface area contributed by atoms with Crippen molar-refractivity contribution in [3.63, 3.8) is 0 Å². The maximum atomic E-state index is 11.3. The molecule has 1 unspecified atom stereocenters. The molecule has 1 saturated heterocycles. The first-order chi connectivity index (χ1) is 16.1. The van der Waals surface area contributed by atoms with Gasteiger partial charge in [-0.2, -0.15) is 0 Å². The molecular formula is C28H38O5Si. The molecule has 2 aromatic carbocycles. The van der Waals surface area contributed by atoms with Crippen molar-refractivity contribution >= 4 is 9.76 Å². The lowest BCUT2D eigenvalue weighted by molar-refractivity contribution is -0.160. The molecule has 2 aliphatic rings. The Hall–Kier alpha value is -1.80. The molecule has 6 heteroatoms. The Morgan fingerprint density at radius 1 is 0.971 bits per heavy atom. The van der Waals surface area contributed by atoms with Crippen molar-refractivity contribution in [1.82, 2.24) is 0 Å². The normalized spacial score (nSPS) is 27.5. The molecule has 34 heavy (non-hydrogen) atoms. The molecule has 1 N–H and O–H groups in total. The van der Waals surface area contributed by atoms with Gasteiger partial charge in [0.1, 0.15) is 17.8 Å². The van der Waals surface area contributed by atoms with Crippen molar-refractivity contribution in [1.29, 1.82) is 0 Å². The lowest BCUT2D eigenvalue weighted by atomic mass is 9.78. The molecule has 4 atom stereocenters. The third-order valence-electron chi connectivity index (χ3n) is 6.26. The second-order valence-corrected chi connectivity index (χ2v) is 13.7. The summed E-state index contributed by atoms with van der Waals surface area (Å²) in [6, 6.07) is 20.4. The number of hydrogen-bond acceptors (Lipinski definition) is 5. The number of hydrogen-bond donors (Lipinski definition) is 1. The maximum Gasteiger partial charge on any atom is 0.168 e. The molecule has 1 fully saturated rings. The first kappa shape index (κ1) is 25.3. The molecule has 4 rings (SSSR count). The predicted octanol–water partition coefficient (Wildman–Crippen LogP) is 4.48. The highest BCUT2D eigenvalue weighted by Gasteiger charge is 2.49. The second-order valence-electron chi connectivity index (χ2n) is 11.0. The summed E-state index contributed by atoms with van der Waals surface area (Å²) in [5.41, 5.74) is 1.03.